The third-order valence-corrected chi connectivity index (χ3v) is 5.74. The summed E-state index contributed by atoms with van der Waals surface area (Å²) in [7, 11) is 1.99. The molecular formula is C20H27N5O2. The van der Waals surface area contributed by atoms with Gasteiger partial charge < -0.3 is 14.8 Å². The van der Waals surface area contributed by atoms with E-state index in [4.69, 9.17) is 0 Å². The van der Waals surface area contributed by atoms with Crippen molar-refractivity contribution in [2.75, 3.05) is 6.54 Å². The Morgan fingerprint density at radius 2 is 2.15 bits per heavy atom. The van der Waals surface area contributed by atoms with Crippen LogP contribution in [-0.4, -0.2) is 37.6 Å². The van der Waals surface area contributed by atoms with Gasteiger partial charge in [-0.15, -0.1) is 0 Å². The number of nitrogens with zero attached hydrogens (tertiary/aromatic N) is 4. The van der Waals surface area contributed by atoms with Crippen molar-refractivity contribution in [1.29, 1.82) is 0 Å². The predicted octanol–water partition coefficient (Wildman–Crippen LogP) is 1.61. The third kappa shape index (κ3) is 3.91. The van der Waals surface area contributed by atoms with Crippen LogP contribution < -0.4 is 5.32 Å². The highest BCUT2D eigenvalue weighted by Gasteiger charge is 2.31. The molecule has 0 spiro atoms. The van der Waals surface area contributed by atoms with Gasteiger partial charge in [-0.25, -0.2) is 0 Å². The Kier molecular flexibility index (Phi) is 5.01. The van der Waals surface area contributed by atoms with Gasteiger partial charge in [0.15, 0.2) is 0 Å². The molecule has 7 nitrogen and oxygen atoms in total. The van der Waals surface area contributed by atoms with Gasteiger partial charge >= 0.3 is 0 Å². The van der Waals surface area contributed by atoms with Gasteiger partial charge in [0.1, 0.15) is 0 Å². The van der Waals surface area contributed by atoms with Crippen LogP contribution >= 0.6 is 0 Å². The molecule has 2 aromatic rings. The molecule has 2 aliphatic rings. The van der Waals surface area contributed by atoms with Crippen molar-refractivity contribution in [1.82, 2.24) is 24.6 Å². The van der Waals surface area contributed by atoms with Gasteiger partial charge in [0.05, 0.1) is 31.0 Å². The predicted molar refractivity (Wildman–Crippen MR) is 101 cm³/mol. The van der Waals surface area contributed by atoms with E-state index in [1.54, 1.807) is 0 Å². The minimum absolute atomic E-state index is 0.0314. The molecular weight excluding hydrogens is 342 g/mol. The summed E-state index contributed by atoms with van der Waals surface area (Å²) in [5.41, 5.74) is 3.07. The van der Waals surface area contributed by atoms with Gasteiger partial charge in [-0.3, -0.25) is 14.3 Å². The van der Waals surface area contributed by atoms with Crippen molar-refractivity contribution in [3.63, 3.8) is 0 Å². The molecule has 1 fully saturated rings. The fraction of sp³-hybridized carbons (Fsp3) is 0.550. The molecule has 27 heavy (non-hydrogen) atoms. The molecule has 2 aromatic heterocycles. The Hall–Kier alpha value is -2.57. The van der Waals surface area contributed by atoms with Gasteiger partial charge in [0, 0.05) is 37.8 Å². The first-order valence-electron chi connectivity index (χ1n) is 9.81. The lowest BCUT2D eigenvalue weighted by Gasteiger charge is -2.34. The number of nitrogens with one attached hydrogen (secondary N) is 1. The normalized spacial score (nSPS) is 16.7. The first-order chi connectivity index (χ1) is 13.1. The second-order valence-electron chi connectivity index (χ2n) is 7.62. The second kappa shape index (κ2) is 7.58. The van der Waals surface area contributed by atoms with E-state index in [1.165, 1.54) is 6.42 Å². The molecule has 7 heteroatoms. The number of aromatic nitrogens is 3. The number of carbonyl (C=O) groups is 2. The maximum Gasteiger partial charge on any atom is 0.226 e. The lowest BCUT2D eigenvalue weighted by Crippen LogP contribution is -2.43. The number of hydrogen-bond donors (Lipinski definition) is 1. The Morgan fingerprint density at radius 3 is 2.85 bits per heavy atom. The van der Waals surface area contributed by atoms with E-state index >= 15 is 0 Å². The summed E-state index contributed by atoms with van der Waals surface area (Å²) in [6, 6.07) is 6.03. The van der Waals surface area contributed by atoms with E-state index in [9.17, 15) is 9.59 Å². The first kappa shape index (κ1) is 17.8. The van der Waals surface area contributed by atoms with E-state index in [0.29, 0.717) is 25.4 Å². The molecule has 0 radical (unpaired) electrons. The van der Waals surface area contributed by atoms with E-state index in [0.717, 1.165) is 49.4 Å². The monoisotopic (exact) mass is 369 g/mol. The number of aryl methyl sites for hydroxylation is 2. The van der Waals surface area contributed by atoms with Crippen molar-refractivity contribution >= 4 is 11.8 Å². The SMILES string of the molecule is Cn1cccc1CCC(=O)NCc1cc2n(n1)CCN(C(=O)C1CCC1)C2. The Bertz CT molecular complexity index is 833. The molecule has 3 heterocycles. The van der Waals surface area contributed by atoms with Crippen LogP contribution in [0.25, 0.3) is 0 Å². The van der Waals surface area contributed by atoms with Crippen LogP contribution in [0.1, 0.15) is 42.8 Å². The lowest BCUT2D eigenvalue weighted by atomic mass is 9.84. The number of rotatable bonds is 6. The van der Waals surface area contributed by atoms with Gasteiger partial charge in [-0.2, -0.15) is 5.10 Å². The van der Waals surface area contributed by atoms with E-state index in [-0.39, 0.29) is 11.8 Å². The molecule has 0 saturated heterocycles. The van der Waals surface area contributed by atoms with Crippen LogP contribution in [0.3, 0.4) is 0 Å². The van der Waals surface area contributed by atoms with Crippen LogP contribution in [0.4, 0.5) is 0 Å². The Balaban J connectivity index is 1.27. The van der Waals surface area contributed by atoms with Gasteiger partial charge in [-0.1, -0.05) is 6.42 Å². The highest BCUT2D eigenvalue weighted by molar-refractivity contribution is 5.79. The standard InChI is InChI=1S/C20H27N5O2/c1-23-9-3-6-17(23)7-8-19(26)21-13-16-12-18-14-24(10-11-25(18)22-16)20(27)15-4-2-5-15/h3,6,9,12,15H,2,4-5,7-8,10-11,13-14H2,1H3,(H,21,26). The minimum atomic E-state index is 0.0314. The molecule has 1 N–H and O–H groups in total. The van der Waals surface area contributed by atoms with Crippen LogP contribution in [-0.2, 0) is 42.7 Å². The number of fused-ring (bicyclic) bond motifs is 1. The second-order valence-corrected chi connectivity index (χ2v) is 7.62. The first-order valence-corrected chi connectivity index (χ1v) is 9.81. The molecule has 1 aliphatic carbocycles. The lowest BCUT2D eigenvalue weighted by molar-refractivity contribution is -0.139. The van der Waals surface area contributed by atoms with Crippen molar-refractivity contribution in [3.05, 3.63) is 41.5 Å². The zero-order valence-corrected chi connectivity index (χ0v) is 15.9. The van der Waals surface area contributed by atoms with Gasteiger partial charge in [0.2, 0.25) is 11.8 Å². The highest BCUT2D eigenvalue weighted by atomic mass is 16.2. The Morgan fingerprint density at radius 1 is 1.30 bits per heavy atom. The molecule has 0 bridgehead atoms. The number of hydrogen-bond acceptors (Lipinski definition) is 3. The van der Waals surface area contributed by atoms with Crippen molar-refractivity contribution in [3.8, 4) is 0 Å². The smallest absolute Gasteiger partial charge is 0.226 e. The summed E-state index contributed by atoms with van der Waals surface area (Å²) in [4.78, 5) is 26.5. The molecule has 1 saturated carbocycles. The average Bonchev–Trinajstić information content (AvgIpc) is 3.21. The largest absolute Gasteiger partial charge is 0.354 e. The third-order valence-electron chi connectivity index (χ3n) is 5.74. The average molecular weight is 369 g/mol. The number of carbonyl (C=O) groups excluding carboxylic acids is 2. The summed E-state index contributed by atoms with van der Waals surface area (Å²) >= 11 is 0. The van der Waals surface area contributed by atoms with Crippen molar-refractivity contribution in [2.24, 2.45) is 13.0 Å². The van der Waals surface area contributed by atoms with E-state index < -0.39 is 0 Å². The van der Waals surface area contributed by atoms with Crippen LogP contribution in [0.5, 0.6) is 0 Å². The van der Waals surface area contributed by atoms with Gasteiger partial charge in [0.25, 0.3) is 0 Å². The molecule has 0 aromatic carbocycles. The van der Waals surface area contributed by atoms with Crippen molar-refractivity contribution in [2.45, 2.75) is 51.7 Å². The molecule has 1 aliphatic heterocycles. The maximum atomic E-state index is 12.4. The van der Waals surface area contributed by atoms with E-state index in [2.05, 4.69) is 10.4 Å². The zero-order chi connectivity index (χ0) is 18.8. The highest BCUT2D eigenvalue weighted by Crippen LogP contribution is 2.29. The Labute approximate surface area is 159 Å². The maximum absolute atomic E-state index is 12.4. The summed E-state index contributed by atoms with van der Waals surface area (Å²) in [5.74, 6) is 0.565. The summed E-state index contributed by atoms with van der Waals surface area (Å²) in [5, 5.41) is 7.54. The topological polar surface area (TPSA) is 72.2 Å². The van der Waals surface area contributed by atoms with E-state index in [1.807, 2.05) is 45.6 Å². The van der Waals surface area contributed by atoms with Gasteiger partial charge in [-0.05, 0) is 37.5 Å². The summed E-state index contributed by atoms with van der Waals surface area (Å²) in [6.07, 6.45) is 6.43. The quantitative estimate of drug-likeness (QED) is 0.841. The summed E-state index contributed by atoms with van der Waals surface area (Å²) in [6.45, 7) is 2.52. The molecule has 0 unspecified atom stereocenters. The fourth-order valence-corrected chi connectivity index (χ4v) is 3.79. The van der Waals surface area contributed by atoms with Crippen LogP contribution in [0.2, 0.25) is 0 Å². The van der Waals surface area contributed by atoms with Crippen molar-refractivity contribution < 1.29 is 9.59 Å². The summed E-state index contributed by atoms with van der Waals surface area (Å²) < 4.78 is 4.00. The number of amides is 2. The fourth-order valence-electron chi connectivity index (χ4n) is 3.79. The molecule has 144 valence electrons. The molecule has 2 amide bonds. The molecule has 4 rings (SSSR count). The minimum Gasteiger partial charge on any atom is -0.354 e. The van der Waals surface area contributed by atoms with Crippen LogP contribution in [0, 0.1) is 5.92 Å². The molecule has 0 atom stereocenters. The zero-order valence-electron chi connectivity index (χ0n) is 15.9. The van der Waals surface area contributed by atoms with Crippen LogP contribution in [0.15, 0.2) is 24.4 Å².